The molecule has 0 aliphatic heterocycles. The Balaban J connectivity index is 1.94. The van der Waals surface area contributed by atoms with E-state index < -0.39 is 24.1 Å². The number of rotatable bonds is 6. The monoisotopic (exact) mass is 426 g/mol. The zero-order chi connectivity index (χ0) is 22.6. The molecule has 8 heteroatoms. The summed E-state index contributed by atoms with van der Waals surface area (Å²) in [4.78, 5) is 24.7. The molecule has 0 atom stereocenters. The molecule has 0 saturated heterocycles. The highest BCUT2D eigenvalue weighted by atomic mass is 19.1. The third kappa shape index (κ3) is 5.69. The lowest BCUT2D eigenvalue weighted by Gasteiger charge is -2.19. The Labute approximate surface area is 179 Å². The van der Waals surface area contributed by atoms with Crippen LogP contribution < -0.4 is 4.74 Å². The Bertz CT molecular complexity index is 1080. The van der Waals surface area contributed by atoms with E-state index in [2.05, 4.69) is 5.10 Å². The first kappa shape index (κ1) is 22.0. The minimum atomic E-state index is -0.739. The van der Waals surface area contributed by atoms with Crippen molar-refractivity contribution in [3.05, 3.63) is 66.1 Å². The quantitative estimate of drug-likeness (QED) is 0.550. The van der Waals surface area contributed by atoms with Crippen LogP contribution >= 0.6 is 0 Å². The Kier molecular flexibility index (Phi) is 6.39. The van der Waals surface area contributed by atoms with E-state index in [-0.39, 0.29) is 11.4 Å². The number of benzene rings is 2. The van der Waals surface area contributed by atoms with E-state index >= 15 is 0 Å². The molecule has 0 radical (unpaired) electrons. The van der Waals surface area contributed by atoms with Crippen LogP contribution in [0.4, 0.5) is 4.39 Å². The molecule has 0 saturated carbocycles. The van der Waals surface area contributed by atoms with E-state index in [0.29, 0.717) is 22.7 Å². The zero-order valence-corrected chi connectivity index (χ0v) is 17.7. The molecular weight excluding hydrogens is 403 g/mol. The van der Waals surface area contributed by atoms with Gasteiger partial charge in [-0.25, -0.2) is 18.7 Å². The second-order valence-corrected chi connectivity index (χ2v) is 7.71. The van der Waals surface area contributed by atoms with Crippen molar-refractivity contribution in [2.75, 3.05) is 13.7 Å². The normalized spacial score (nSPS) is 11.1. The lowest BCUT2D eigenvalue weighted by molar-refractivity contribution is -0.158. The van der Waals surface area contributed by atoms with Gasteiger partial charge in [0.15, 0.2) is 6.61 Å². The summed E-state index contributed by atoms with van der Waals surface area (Å²) in [6.45, 7) is 4.64. The lowest BCUT2D eigenvalue weighted by atomic mass is 10.1. The summed E-state index contributed by atoms with van der Waals surface area (Å²) in [5, 5.41) is 4.49. The molecular formula is C23H23FN2O5. The number of nitrogens with zero attached hydrogens (tertiary/aromatic N) is 2. The van der Waals surface area contributed by atoms with E-state index in [0.717, 1.165) is 0 Å². The first-order valence-corrected chi connectivity index (χ1v) is 9.55. The number of halogens is 1. The molecule has 0 bridgehead atoms. The molecule has 2 aromatic carbocycles. The van der Waals surface area contributed by atoms with Crippen molar-refractivity contribution in [2.45, 2.75) is 26.4 Å². The van der Waals surface area contributed by atoms with Gasteiger partial charge in [0.05, 0.1) is 12.8 Å². The van der Waals surface area contributed by atoms with E-state index in [1.54, 1.807) is 45.0 Å². The van der Waals surface area contributed by atoms with Gasteiger partial charge in [-0.3, -0.25) is 0 Å². The van der Waals surface area contributed by atoms with Crippen molar-refractivity contribution in [3.63, 3.8) is 0 Å². The maximum absolute atomic E-state index is 13.3. The fourth-order valence-corrected chi connectivity index (χ4v) is 2.81. The minimum Gasteiger partial charge on any atom is -0.497 e. The second kappa shape index (κ2) is 8.99. The fraction of sp³-hybridized carbons (Fsp3) is 0.261. The van der Waals surface area contributed by atoms with Crippen LogP contribution in [0.25, 0.3) is 16.9 Å². The van der Waals surface area contributed by atoms with E-state index in [1.807, 2.05) is 0 Å². The van der Waals surface area contributed by atoms with E-state index in [1.165, 1.54) is 42.3 Å². The maximum atomic E-state index is 13.3. The predicted octanol–water partition coefficient (Wildman–Crippen LogP) is 4.19. The molecule has 1 heterocycles. The van der Waals surface area contributed by atoms with Crippen LogP contribution in [0, 0.1) is 5.82 Å². The average molecular weight is 426 g/mol. The molecule has 1 aromatic heterocycles. The third-order valence-corrected chi connectivity index (χ3v) is 4.11. The van der Waals surface area contributed by atoms with Gasteiger partial charge < -0.3 is 14.2 Å². The number of hydrogen-bond donors (Lipinski definition) is 0. The molecule has 0 unspecified atom stereocenters. The molecule has 3 aromatic rings. The largest absolute Gasteiger partial charge is 0.497 e. The molecule has 0 amide bonds. The number of carbonyl (C=O) groups is 2. The van der Waals surface area contributed by atoms with Crippen molar-refractivity contribution >= 4 is 11.9 Å². The van der Waals surface area contributed by atoms with Crippen molar-refractivity contribution in [1.29, 1.82) is 0 Å². The van der Waals surface area contributed by atoms with Gasteiger partial charge in [-0.05, 0) is 57.2 Å². The predicted molar refractivity (Wildman–Crippen MR) is 112 cm³/mol. The van der Waals surface area contributed by atoms with Gasteiger partial charge >= 0.3 is 11.9 Å². The van der Waals surface area contributed by atoms with Crippen LogP contribution in [0.15, 0.2) is 54.7 Å². The molecule has 162 valence electrons. The number of aromatic nitrogens is 2. The Morgan fingerprint density at radius 3 is 2.45 bits per heavy atom. The smallest absolute Gasteiger partial charge is 0.344 e. The molecule has 31 heavy (non-hydrogen) atoms. The maximum Gasteiger partial charge on any atom is 0.344 e. The van der Waals surface area contributed by atoms with Crippen molar-refractivity contribution in [3.8, 4) is 22.7 Å². The highest BCUT2D eigenvalue weighted by molar-refractivity contribution is 5.97. The molecule has 0 aliphatic rings. The zero-order valence-electron chi connectivity index (χ0n) is 17.7. The van der Waals surface area contributed by atoms with Crippen LogP contribution in [-0.4, -0.2) is 41.0 Å². The summed E-state index contributed by atoms with van der Waals surface area (Å²) in [6, 6.07) is 12.7. The Hall–Kier alpha value is -3.68. The molecule has 0 fully saturated rings. The third-order valence-electron chi connectivity index (χ3n) is 4.11. The van der Waals surface area contributed by atoms with Crippen LogP contribution in [0.5, 0.6) is 5.75 Å². The van der Waals surface area contributed by atoms with Gasteiger partial charge in [0.2, 0.25) is 0 Å². The van der Waals surface area contributed by atoms with Gasteiger partial charge in [0.25, 0.3) is 0 Å². The van der Waals surface area contributed by atoms with Crippen LogP contribution in [0.3, 0.4) is 0 Å². The fourth-order valence-electron chi connectivity index (χ4n) is 2.81. The first-order valence-electron chi connectivity index (χ1n) is 9.55. The highest BCUT2D eigenvalue weighted by Crippen LogP contribution is 2.27. The van der Waals surface area contributed by atoms with Gasteiger partial charge in [0.1, 0.15) is 28.4 Å². The second-order valence-electron chi connectivity index (χ2n) is 7.71. The number of hydrogen-bond acceptors (Lipinski definition) is 6. The Morgan fingerprint density at radius 1 is 1.10 bits per heavy atom. The summed E-state index contributed by atoms with van der Waals surface area (Å²) >= 11 is 0. The SMILES string of the molecule is COc1cccc(-c2nn(-c3ccc(F)cc3)cc2C(=O)OCC(=O)OC(C)(C)C)c1. The van der Waals surface area contributed by atoms with E-state index in [4.69, 9.17) is 14.2 Å². The van der Waals surface area contributed by atoms with Crippen LogP contribution in [-0.2, 0) is 14.3 Å². The summed E-state index contributed by atoms with van der Waals surface area (Å²) in [7, 11) is 1.53. The van der Waals surface area contributed by atoms with Crippen molar-refractivity contribution in [2.24, 2.45) is 0 Å². The minimum absolute atomic E-state index is 0.140. The summed E-state index contributed by atoms with van der Waals surface area (Å²) in [6.07, 6.45) is 1.47. The number of carbonyl (C=O) groups excluding carboxylic acids is 2. The lowest BCUT2D eigenvalue weighted by Crippen LogP contribution is -2.27. The number of methoxy groups -OCH3 is 1. The van der Waals surface area contributed by atoms with Gasteiger partial charge in [0, 0.05) is 11.8 Å². The number of esters is 2. The Morgan fingerprint density at radius 2 is 1.81 bits per heavy atom. The molecule has 7 nitrogen and oxygen atoms in total. The topological polar surface area (TPSA) is 79.7 Å². The first-order chi connectivity index (χ1) is 14.7. The average Bonchev–Trinajstić information content (AvgIpc) is 3.17. The summed E-state index contributed by atoms with van der Waals surface area (Å²) in [5.74, 6) is -1.20. The summed E-state index contributed by atoms with van der Waals surface area (Å²) in [5.41, 5.74) is 0.947. The summed E-state index contributed by atoms with van der Waals surface area (Å²) < 4.78 is 30.3. The standard InChI is InChI=1S/C23H23FN2O5/c1-23(2,3)31-20(27)14-30-22(28)19-13-26(17-10-8-16(24)9-11-17)25-21(19)15-6-5-7-18(12-15)29-4/h5-13H,14H2,1-4H3. The van der Waals surface area contributed by atoms with Crippen LogP contribution in [0.1, 0.15) is 31.1 Å². The van der Waals surface area contributed by atoms with Crippen LogP contribution in [0.2, 0.25) is 0 Å². The number of ether oxygens (including phenoxy) is 3. The van der Waals surface area contributed by atoms with Gasteiger partial charge in [-0.15, -0.1) is 0 Å². The van der Waals surface area contributed by atoms with Crippen molar-refractivity contribution in [1.82, 2.24) is 9.78 Å². The van der Waals surface area contributed by atoms with Crippen molar-refractivity contribution < 1.29 is 28.2 Å². The van der Waals surface area contributed by atoms with E-state index in [9.17, 15) is 14.0 Å². The molecule has 0 aliphatic carbocycles. The van der Waals surface area contributed by atoms with Gasteiger partial charge in [-0.1, -0.05) is 12.1 Å². The molecule has 0 N–H and O–H groups in total. The molecule has 0 spiro atoms. The highest BCUT2D eigenvalue weighted by Gasteiger charge is 2.23. The van der Waals surface area contributed by atoms with Gasteiger partial charge in [-0.2, -0.15) is 5.10 Å². The molecule has 3 rings (SSSR count).